The Bertz CT molecular complexity index is 992. The van der Waals surface area contributed by atoms with Crippen LogP contribution in [-0.2, 0) is 19.4 Å². The van der Waals surface area contributed by atoms with Crippen molar-refractivity contribution in [1.82, 2.24) is 4.90 Å². The van der Waals surface area contributed by atoms with Crippen molar-refractivity contribution in [3.63, 3.8) is 0 Å². The van der Waals surface area contributed by atoms with Gasteiger partial charge in [-0.2, -0.15) is 0 Å². The molecule has 144 valence electrons. The third-order valence-corrected chi connectivity index (χ3v) is 5.44. The molecular weight excluding hydrogens is 346 g/mol. The van der Waals surface area contributed by atoms with Crippen molar-refractivity contribution in [2.45, 2.75) is 39.2 Å². The highest BCUT2D eigenvalue weighted by atomic mass is 16.4. The zero-order valence-corrected chi connectivity index (χ0v) is 16.5. The van der Waals surface area contributed by atoms with Gasteiger partial charge in [0.2, 0.25) is 0 Å². The maximum atomic E-state index is 11.4. The summed E-state index contributed by atoms with van der Waals surface area (Å²) >= 11 is 0. The molecule has 0 saturated carbocycles. The largest absolute Gasteiger partial charge is 0.423 e. The molecule has 0 aliphatic carbocycles. The average molecular weight is 373 g/mol. The second-order valence-electron chi connectivity index (χ2n) is 7.33. The average Bonchev–Trinajstić information content (AvgIpc) is 3.23. The van der Waals surface area contributed by atoms with Crippen LogP contribution in [-0.4, -0.2) is 18.0 Å². The van der Waals surface area contributed by atoms with Crippen molar-refractivity contribution >= 4 is 11.0 Å². The molecule has 0 radical (unpaired) electrons. The van der Waals surface area contributed by atoms with Crippen molar-refractivity contribution in [3.8, 4) is 12.8 Å². The number of nitrogens with zero attached hydrogens (tertiary/aromatic N) is 1. The van der Waals surface area contributed by atoms with Gasteiger partial charge in [-0.05, 0) is 80.1 Å². The summed E-state index contributed by atoms with van der Waals surface area (Å²) in [5.74, 6) is 0. The number of rotatable bonds is 5. The molecule has 0 amide bonds. The van der Waals surface area contributed by atoms with Gasteiger partial charge in [0.1, 0.15) is 5.58 Å². The maximum Gasteiger partial charge on any atom is 0.336 e. The highest BCUT2D eigenvalue weighted by Crippen LogP contribution is 2.23. The fraction of sp³-hybridized carbons (Fsp3) is 0.320. The van der Waals surface area contributed by atoms with Crippen LogP contribution in [0.5, 0.6) is 0 Å². The molecule has 28 heavy (non-hydrogen) atoms. The van der Waals surface area contributed by atoms with Crippen molar-refractivity contribution in [1.29, 1.82) is 0 Å². The van der Waals surface area contributed by atoms with Gasteiger partial charge in [0.25, 0.3) is 0 Å². The van der Waals surface area contributed by atoms with Crippen molar-refractivity contribution in [2.24, 2.45) is 0 Å². The van der Waals surface area contributed by atoms with E-state index < -0.39 is 0 Å². The molecule has 0 spiro atoms. The molecule has 2 heterocycles. The zero-order chi connectivity index (χ0) is 19.9. The van der Waals surface area contributed by atoms with Crippen LogP contribution in [0.1, 0.15) is 35.1 Å². The van der Waals surface area contributed by atoms with E-state index in [0.717, 1.165) is 24.8 Å². The van der Waals surface area contributed by atoms with Crippen molar-refractivity contribution < 1.29 is 4.42 Å². The van der Waals surface area contributed by atoms with Crippen LogP contribution < -0.4 is 5.63 Å². The fourth-order valence-electron chi connectivity index (χ4n) is 3.93. The summed E-state index contributed by atoms with van der Waals surface area (Å²) < 4.78 is 5.33. The molecule has 0 bridgehead atoms. The van der Waals surface area contributed by atoms with Crippen LogP contribution in [0.15, 0.2) is 57.7 Å². The molecule has 0 unspecified atom stereocenters. The topological polar surface area (TPSA) is 33.5 Å². The van der Waals surface area contributed by atoms with Crippen LogP contribution in [0.25, 0.3) is 11.0 Å². The summed E-state index contributed by atoms with van der Waals surface area (Å²) in [5, 5.41) is 1.05. The van der Waals surface area contributed by atoms with Gasteiger partial charge < -0.3 is 4.42 Å². The summed E-state index contributed by atoms with van der Waals surface area (Å²) in [6.07, 6.45) is 12.6. The Morgan fingerprint density at radius 1 is 0.893 bits per heavy atom. The molecule has 2 aromatic carbocycles. The first-order valence-corrected chi connectivity index (χ1v) is 9.85. The van der Waals surface area contributed by atoms with Gasteiger partial charge in [0.15, 0.2) is 0 Å². The lowest BCUT2D eigenvalue weighted by molar-refractivity contribution is 0.331. The molecule has 1 saturated heterocycles. The van der Waals surface area contributed by atoms with Gasteiger partial charge in [-0.25, -0.2) is 4.79 Å². The smallest absolute Gasteiger partial charge is 0.336 e. The Kier molecular flexibility index (Phi) is 6.68. The van der Waals surface area contributed by atoms with Gasteiger partial charge >= 0.3 is 5.63 Å². The molecule has 3 aromatic rings. The Labute approximate surface area is 167 Å². The van der Waals surface area contributed by atoms with Crippen molar-refractivity contribution in [2.75, 3.05) is 13.1 Å². The summed E-state index contributed by atoms with van der Waals surface area (Å²) in [4.78, 5) is 14.0. The van der Waals surface area contributed by atoms with E-state index in [4.69, 9.17) is 4.42 Å². The van der Waals surface area contributed by atoms with Gasteiger partial charge in [-0.1, -0.05) is 30.3 Å². The first kappa shape index (κ1) is 19.9. The fourth-order valence-corrected chi connectivity index (χ4v) is 3.93. The minimum Gasteiger partial charge on any atom is -0.423 e. The highest BCUT2D eigenvalue weighted by Gasteiger charge is 2.12. The number of hydrogen-bond acceptors (Lipinski definition) is 3. The van der Waals surface area contributed by atoms with E-state index in [9.17, 15) is 4.79 Å². The Hall–Kier alpha value is -2.83. The Balaban J connectivity index is 0.00000109. The molecule has 3 nitrogen and oxygen atoms in total. The molecule has 0 atom stereocenters. The minimum absolute atomic E-state index is 0.291. The molecular formula is C25H27NO2. The molecule has 1 aliphatic heterocycles. The number of likely N-dealkylation sites (tertiary alicyclic amines) is 1. The lowest BCUT2D eigenvalue weighted by atomic mass is 9.96. The zero-order valence-electron chi connectivity index (χ0n) is 16.5. The number of fused-ring (bicyclic) bond motifs is 1. The van der Waals surface area contributed by atoms with E-state index in [1.54, 1.807) is 0 Å². The molecule has 1 fully saturated rings. The highest BCUT2D eigenvalue weighted by molar-refractivity contribution is 5.81. The van der Waals surface area contributed by atoms with E-state index in [2.05, 4.69) is 48.9 Å². The molecule has 0 N–H and O–H groups in total. The minimum atomic E-state index is -0.291. The number of benzene rings is 2. The first-order chi connectivity index (χ1) is 13.7. The third-order valence-electron chi connectivity index (χ3n) is 5.44. The summed E-state index contributed by atoms with van der Waals surface area (Å²) in [6.45, 7) is 5.66. The third kappa shape index (κ3) is 4.71. The lowest BCUT2D eigenvalue weighted by Gasteiger charge is -2.15. The van der Waals surface area contributed by atoms with Gasteiger partial charge in [0, 0.05) is 18.0 Å². The van der Waals surface area contributed by atoms with Crippen LogP contribution >= 0.6 is 0 Å². The normalized spacial score (nSPS) is 14.0. The second-order valence-corrected chi connectivity index (χ2v) is 7.33. The Morgan fingerprint density at radius 3 is 2.29 bits per heavy atom. The molecule has 1 aromatic heterocycles. The molecule has 3 heteroatoms. The quantitative estimate of drug-likeness (QED) is 0.479. The number of terminal acetylenes is 1. The van der Waals surface area contributed by atoms with Gasteiger partial charge in [0.05, 0.1) is 0 Å². The van der Waals surface area contributed by atoms with Crippen molar-refractivity contribution in [3.05, 3.63) is 81.2 Å². The van der Waals surface area contributed by atoms with Gasteiger partial charge in [-0.3, -0.25) is 4.90 Å². The standard InChI is InChI=1S/C23H25NO2.C2H2/c1-17-4-12-22-21(11-13-23(25)26-22)20(17)10-9-18-5-7-19(8-6-18)16-24-14-2-3-15-24;1-2/h4-8,11-13H,2-3,9-10,14-16H2,1H3;1-2H. The van der Waals surface area contributed by atoms with Crippen LogP contribution in [0, 0.1) is 19.8 Å². The predicted molar refractivity (Wildman–Crippen MR) is 115 cm³/mol. The number of aryl methyl sites for hydroxylation is 3. The Morgan fingerprint density at radius 2 is 1.57 bits per heavy atom. The van der Waals surface area contributed by atoms with Crippen LogP contribution in [0.4, 0.5) is 0 Å². The van der Waals surface area contributed by atoms with E-state index in [-0.39, 0.29) is 5.63 Å². The summed E-state index contributed by atoms with van der Waals surface area (Å²) in [5.41, 5.74) is 5.66. The summed E-state index contributed by atoms with van der Waals surface area (Å²) in [7, 11) is 0. The predicted octanol–water partition coefficient (Wildman–Crippen LogP) is 4.73. The first-order valence-electron chi connectivity index (χ1n) is 9.85. The van der Waals surface area contributed by atoms with E-state index >= 15 is 0 Å². The number of hydrogen-bond donors (Lipinski definition) is 0. The molecule has 4 rings (SSSR count). The monoisotopic (exact) mass is 373 g/mol. The maximum absolute atomic E-state index is 11.4. The van der Waals surface area contributed by atoms with E-state index in [1.165, 1.54) is 54.3 Å². The van der Waals surface area contributed by atoms with Gasteiger partial charge in [-0.15, -0.1) is 12.8 Å². The van der Waals surface area contributed by atoms with E-state index in [0.29, 0.717) is 5.58 Å². The van der Waals surface area contributed by atoms with Crippen LogP contribution in [0.2, 0.25) is 0 Å². The lowest BCUT2D eigenvalue weighted by Crippen LogP contribution is -2.18. The second kappa shape index (κ2) is 9.39. The van der Waals surface area contributed by atoms with E-state index in [1.807, 2.05) is 18.2 Å². The molecule has 1 aliphatic rings. The SMILES string of the molecule is C#C.Cc1ccc2oc(=O)ccc2c1CCc1ccc(CN2CCCC2)cc1. The summed E-state index contributed by atoms with van der Waals surface area (Å²) in [6, 6.07) is 16.4. The van der Waals surface area contributed by atoms with Crippen LogP contribution in [0.3, 0.4) is 0 Å².